The third kappa shape index (κ3) is 5.38. The van der Waals surface area contributed by atoms with Gasteiger partial charge in [0.1, 0.15) is 5.58 Å². The van der Waals surface area contributed by atoms with Crippen molar-refractivity contribution in [3.05, 3.63) is 212 Å². The van der Waals surface area contributed by atoms with Gasteiger partial charge in [0.2, 0.25) is 0 Å². The quantitative estimate of drug-likeness (QED) is 0.173. The molecule has 4 aromatic heterocycles. The van der Waals surface area contributed by atoms with Gasteiger partial charge < -0.3 is 13.6 Å². The molecule has 0 unspecified atom stereocenters. The summed E-state index contributed by atoms with van der Waals surface area (Å²) in [6.45, 7) is 0. The van der Waals surface area contributed by atoms with Crippen molar-refractivity contribution in [2.75, 3.05) is 0 Å². The van der Waals surface area contributed by atoms with Crippen molar-refractivity contribution < 1.29 is 4.42 Å². The van der Waals surface area contributed by atoms with E-state index in [0.717, 1.165) is 88.2 Å². The zero-order chi connectivity index (χ0) is 42.6. The summed E-state index contributed by atoms with van der Waals surface area (Å²) >= 11 is 0. The van der Waals surface area contributed by atoms with E-state index in [1.807, 2.05) is 12.1 Å². The van der Waals surface area contributed by atoms with Gasteiger partial charge >= 0.3 is 0 Å². The van der Waals surface area contributed by atoms with Gasteiger partial charge in [-0.05, 0) is 82.2 Å². The normalized spacial score (nSPS) is 12.0. The molecule has 0 aliphatic heterocycles. The maximum atomic E-state index is 6.98. The first kappa shape index (κ1) is 35.7. The standard InChI is InChI=1S/C59H35N5O/c1-2-19-40(20-3-1)63-49-26-11-8-22-42(49)44-30-29-39(35-52(44)63)57-60-58(45-25-14-18-36-15-6-7-21-41(36)45)62-59(61-57)47-31-32-51(56-55(47)46-24-10-13-28-54(46)65-56)64-50-27-12-9-23-43(50)48-33-37-16-4-5-17-38(37)34-53(48)64/h1-35H. The Balaban J connectivity index is 1.05. The zero-order valence-electron chi connectivity index (χ0n) is 34.9. The highest BCUT2D eigenvalue weighted by Gasteiger charge is 2.24. The van der Waals surface area contributed by atoms with Gasteiger partial charge in [0.15, 0.2) is 23.1 Å². The number of fused-ring (bicyclic) bond motifs is 11. The summed E-state index contributed by atoms with van der Waals surface area (Å²) in [5, 5.41) is 11.3. The van der Waals surface area contributed by atoms with Gasteiger partial charge in [-0.1, -0.05) is 152 Å². The molecule has 0 aliphatic rings. The fraction of sp³-hybridized carbons (Fsp3) is 0. The minimum atomic E-state index is 0.568. The Morgan fingerprint density at radius 2 is 0.923 bits per heavy atom. The van der Waals surface area contributed by atoms with Crippen LogP contribution in [0.4, 0.5) is 0 Å². The number of para-hydroxylation sites is 4. The average molecular weight is 830 g/mol. The van der Waals surface area contributed by atoms with Gasteiger partial charge in [0.05, 0.1) is 27.8 Å². The van der Waals surface area contributed by atoms with Crippen LogP contribution in [0, 0.1) is 0 Å². The molecule has 65 heavy (non-hydrogen) atoms. The lowest BCUT2D eigenvalue weighted by molar-refractivity contribution is 0.666. The van der Waals surface area contributed by atoms with E-state index in [1.54, 1.807) is 0 Å². The fourth-order valence-corrected chi connectivity index (χ4v) is 10.2. The summed E-state index contributed by atoms with van der Waals surface area (Å²) in [5.41, 5.74) is 10.7. The van der Waals surface area contributed by atoms with E-state index >= 15 is 0 Å². The zero-order valence-corrected chi connectivity index (χ0v) is 34.9. The second kappa shape index (κ2) is 13.8. The number of benzene rings is 10. The molecule has 14 aromatic rings. The monoisotopic (exact) mass is 829 g/mol. The molecule has 302 valence electrons. The molecule has 0 saturated heterocycles. The van der Waals surface area contributed by atoms with Crippen molar-refractivity contribution in [1.82, 2.24) is 24.1 Å². The van der Waals surface area contributed by atoms with Gasteiger partial charge in [-0.2, -0.15) is 0 Å². The number of furan rings is 1. The van der Waals surface area contributed by atoms with Gasteiger partial charge in [-0.3, -0.25) is 0 Å². The molecule has 4 heterocycles. The Kier molecular flexibility index (Phi) is 7.59. The first-order valence-electron chi connectivity index (χ1n) is 21.9. The smallest absolute Gasteiger partial charge is 0.164 e. The highest BCUT2D eigenvalue weighted by molar-refractivity contribution is 6.18. The van der Waals surface area contributed by atoms with Crippen molar-refractivity contribution in [2.24, 2.45) is 0 Å². The number of rotatable bonds is 5. The summed E-state index contributed by atoms with van der Waals surface area (Å²) in [7, 11) is 0. The highest BCUT2D eigenvalue weighted by atomic mass is 16.3. The third-order valence-electron chi connectivity index (χ3n) is 13.1. The third-order valence-corrected chi connectivity index (χ3v) is 13.1. The number of aromatic nitrogens is 5. The highest BCUT2D eigenvalue weighted by Crippen LogP contribution is 2.43. The van der Waals surface area contributed by atoms with Crippen LogP contribution in [0.3, 0.4) is 0 Å². The molecule has 14 rings (SSSR count). The first-order valence-corrected chi connectivity index (χ1v) is 21.9. The molecular formula is C59H35N5O. The van der Waals surface area contributed by atoms with Gasteiger partial charge in [-0.25, -0.2) is 15.0 Å². The molecule has 0 amide bonds. The van der Waals surface area contributed by atoms with Gasteiger partial charge in [-0.15, -0.1) is 0 Å². The van der Waals surface area contributed by atoms with Crippen LogP contribution < -0.4 is 0 Å². The van der Waals surface area contributed by atoms with Crippen LogP contribution >= 0.6 is 0 Å². The molecule has 0 saturated carbocycles. The van der Waals surface area contributed by atoms with Crippen LogP contribution in [-0.4, -0.2) is 24.1 Å². The first-order chi connectivity index (χ1) is 32.2. The summed E-state index contributed by atoms with van der Waals surface area (Å²) in [6.07, 6.45) is 0. The Bertz CT molecular complexity index is 4250. The fourth-order valence-electron chi connectivity index (χ4n) is 10.2. The molecule has 6 heteroatoms. The van der Waals surface area contributed by atoms with E-state index in [9.17, 15) is 0 Å². The molecule has 0 spiro atoms. The number of hydrogen-bond donors (Lipinski definition) is 0. The lowest BCUT2D eigenvalue weighted by Gasteiger charge is -2.13. The van der Waals surface area contributed by atoms with Gasteiger partial charge in [0.25, 0.3) is 0 Å². The average Bonchev–Trinajstić information content (AvgIpc) is 4.03. The van der Waals surface area contributed by atoms with E-state index in [0.29, 0.717) is 17.5 Å². The van der Waals surface area contributed by atoms with Crippen molar-refractivity contribution in [3.8, 4) is 45.5 Å². The largest absolute Gasteiger partial charge is 0.454 e. The summed E-state index contributed by atoms with van der Waals surface area (Å²) in [6, 6.07) is 74.9. The molecule has 0 bridgehead atoms. The Morgan fingerprint density at radius 1 is 0.338 bits per heavy atom. The Hall–Kier alpha value is -8.87. The molecule has 0 atom stereocenters. The van der Waals surface area contributed by atoms with Crippen LogP contribution in [-0.2, 0) is 0 Å². The second-order valence-electron chi connectivity index (χ2n) is 16.8. The van der Waals surface area contributed by atoms with Crippen LogP contribution in [0.5, 0.6) is 0 Å². The van der Waals surface area contributed by atoms with Crippen molar-refractivity contribution in [1.29, 1.82) is 0 Å². The molecule has 0 radical (unpaired) electrons. The van der Waals surface area contributed by atoms with E-state index in [4.69, 9.17) is 19.4 Å². The summed E-state index contributed by atoms with van der Waals surface area (Å²) in [4.78, 5) is 16.2. The number of nitrogens with zero attached hydrogens (tertiary/aromatic N) is 5. The van der Waals surface area contributed by atoms with E-state index in [2.05, 4.69) is 209 Å². The molecule has 6 nitrogen and oxygen atoms in total. The molecule has 0 fully saturated rings. The summed E-state index contributed by atoms with van der Waals surface area (Å²) in [5.74, 6) is 1.76. The number of hydrogen-bond acceptors (Lipinski definition) is 4. The van der Waals surface area contributed by atoms with E-state index < -0.39 is 0 Å². The predicted molar refractivity (Wildman–Crippen MR) is 267 cm³/mol. The van der Waals surface area contributed by atoms with Crippen molar-refractivity contribution in [2.45, 2.75) is 0 Å². The summed E-state index contributed by atoms with van der Waals surface area (Å²) < 4.78 is 11.7. The van der Waals surface area contributed by atoms with Crippen LogP contribution in [0.2, 0.25) is 0 Å². The van der Waals surface area contributed by atoms with Crippen molar-refractivity contribution >= 4 is 87.1 Å². The van der Waals surface area contributed by atoms with Crippen molar-refractivity contribution in [3.63, 3.8) is 0 Å². The molecule has 10 aromatic carbocycles. The SMILES string of the molecule is c1ccc(-n2c3ccccc3c3ccc(-c4nc(-c5cccc6ccccc56)nc(-c5ccc(-n6c7ccccc7c7cc8ccccc8cc76)c6oc7ccccc7c56)n4)cc32)cc1. The van der Waals surface area contributed by atoms with Crippen LogP contribution in [0.15, 0.2) is 217 Å². The predicted octanol–water partition coefficient (Wildman–Crippen LogP) is 15.3. The molecular weight excluding hydrogens is 795 g/mol. The van der Waals surface area contributed by atoms with E-state index in [1.165, 1.54) is 26.9 Å². The Labute approximate surface area is 371 Å². The lowest BCUT2D eigenvalue weighted by atomic mass is 10.0. The van der Waals surface area contributed by atoms with Crippen LogP contribution in [0.25, 0.3) is 133 Å². The minimum absolute atomic E-state index is 0.568. The molecule has 0 N–H and O–H groups in total. The van der Waals surface area contributed by atoms with Gasteiger partial charge in [0, 0.05) is 54.7 Å². The molecule has 0 aliphatic carbocycles. The minimum Gasteiger partial charge on any atom is -0.454 e. The topological polar surface area (TPSA) is 61.7 Å². The Morgan fingerprint density at radius 3 is 1.74 bits per heavy atom. The maximum Gasteiger partial charge on any atom is 0.164 e. The maximum absolute atomic E-state index is 6.98. The van der Waals surface area contributed by atoms with Crippen LogP contribution in [0.1, 0.15) is 0 Å². The lowest BCUT2D eigenvalue weighted by Crippen LogP contribution is -2.02. The van der Waals surface area contributed by atoms with E-state index in [-0.39, 0.29) is 0 Å². The second-order valence-corrected chi connectivity index (χ2v) is 16.8.